The van der Waals surface area contributed by atoms with Crippen LogP contribution in [0.2, 0.25) is 10.0 Å². The molecular weight excluding hydrogens is 409 g/mol. The molecule has 3 amide bonds. The van der Waals surface area contributed by atoms with E-state index in [1.165, 1.54) is 28.4 Å². The zero-order chi connectivity index (χ0) is 20.0. The maximum atomic E-state index is 12.7. The van der Waals surface area contributed by atoms with Gasteiger partial charge in [-0.1, -0.05) is 23.2 Å². The molecule has 1 atom stereocenters. The van der Waals surface area contributed by atoms with E-state index in [1.54, 1.807) is 7.05 Å². The number of nitrogens with zero attached hydrogens (tertiary/aromatic N) is 3. The molecule has 0 aliphatic carbocycles. The molecular formula is C18H17Cl2N3O3S. The Morgan fingerprint density at radius 1 is 1.19 bits per heavy atom. The van der Waals surface area contributed by atoms with E-state index >= 15 is 0 Å². The van der Waals surface area contributed by atoms with Gasteiger partial charge in [-0.05, 0) is 32.9 Å². The van der Waals surface area contributed by atoms with Gasteiger partial charge in [-0.15, -0.1) is 11.3 Å². The molecule has 0 radical (unpaired) electrons. The number of benzene rings is 1. The summed E-state index contributed by atoms with van der Waals surface area (Å²) < 4.78 is 0. The standard InChI is InChI=1S/C18H17Cl2N3O3S/c1-8-16(27-10(3)21-8)9(2)22(4)15(24)7-23-17(25)11-5-13(19)14(20)6-12(11)18(23)26/h5-6,9H,7H2,1-4H3. The fourth-order valence-corrected chi connectivity index (χ4v) is 4.35. The number of hydrogen-bond donors (Lipinski definition) is 0. The molecule has 27 heavy (non-hydrogen) atoms. The Hall–Kier alpha value is -1.96. The Bertz CT molecular complexity index is 932. The first-order valence-electron chi connectivity index (χ1n) is 8.16. The third-order valence-electron chi connectivity index (χ3n) is 4.60. The quantitative estimate of drug-likeness (QED) is 0.696. The van der Waals surface area contributed by atoms with Crippen molar-refractivity contribution in [2.24, 2.45) is 0 Å². The second-order valence-electron chi connectivity index (χ2n) is 6.37. The number of amides is 3. The lowest BCUT2D eigenvalue weighted by molar-refractivity contribution is -0.132. The van der Waals surface area contributed by atoms with Gasteiger partial charge in [0.25, 0.3) is 11.8 Å². The van der Waals surface area contributed by atoms with Gasteiger partial charge in [0.15, 0.2) is 0 Å². The number of fused-ring (bicyclic) bond motifs is 1. The average Bonchev–Trinajstić information content (AvgIpc) is 3.06. The third kappa shape index (κ3) is 3.47. The van der Waals surface area contributed by atoms with E-state index < -0.39 is 11.8 Å². The van der Waals surface area contributed by atoms with E-state index in [4.69, 9.17) is 23.2 Å². The predicted octanol–water partition coefficient (Wildman–Crippen LogP) is 3.88. The largest absolute Gasteiger partial charge is 0.337 e. The van der Waals surface area contributed by atoms with E-state index in [0.717, 1.165) is 20.5 Å². The van der Waals surface area contributed by atoms with Gasteiger partial charge < -0.3 is 4.90 Å². The number of carbonyl (C=O) groups excluding carboxylic acids is 3. The molecule has 1 aromatic heterocycles. The molecule has 2 aromatic rings. The van der Waals surface area contributed by atoms with E-state index in [2.05, 4.69) is 4.98 Å². The van der Waals surface area contributed by atoms with Crippen molar-refractivity contribution in [1.82, 2.24) is 14.8 Å². The highest BCUT2D eigenvalue weighted by atomic mass is 35.5. The van der Waals surface area contributed by atoms with Crippen LogP contribution in [0.25, 0.3) is 0 Å². The summed E-state index contributed by atoms with van der Waals surface area (Å²) in [4.78, 5) is 45.6. The molecule has 6 nitrogen and oxygen atoms in total. The van der Waals surface area contributed by atoms with Gasteiger partial charge in [-0.3, -0.25) is 19.3 Å². The van der Waals surface area contributed by atoms with Crippen molar-refractivity contribution in [3.05, 3.63) is 48.9 Å². The number of thiazole rings is 1. The number of aryl methyl sites for hydroxylation is 2. The van der Waals surface area contributed by atoms with Crippen LogP contribution in [0.1, 0.15) is 49.3 Å². The molecule has 1 aliphatic rings. The first kappa shape index (κ1) is 19.8. The van der Waals surface area contributed by atoms with Crippen LogP contribution < -0.4 is 0 Å². The number of hydrogen-bond acceptors (Lipinski definition) is 5. The molecule has 2 heterocycles. The summed E-state index contributed by atoms with van der Waals surface area (Å²) in [6.07, 6.45) is 0. The summed E-state index contributed by atoms with van der Waals surface area (Å²) in [6, 6.07) is 2.50. The molecule has 1 aromatic carbocycles. The second kappa shape index (κ2) is 7.22. The van der Waals surface area contributed by atoms with Crippen molar-refractivity contribution in [3.8, 4) is 0 Å². The molecule has 0 saturated carbocycles. The fraction of sp³-hybridized carbons (Fsp3) is 0.333. The Balaban J connectivity index is 1.79. The van der Waals surface area contributed by atoms with Crippen LogP contribution in [-0.2, 0) is 4.79 Å². The summed E-state index contributed by atoms with van der Waals surface area (Å²) in [5, 5.41) is 1.29. The van der Waals surface area contributed by atoms with Crippen molar-refractivity contribution in [3.63, 3.8) is 0 Å². The lowest BCUT2D eigenvalue weighted by Crippen LogP contribution is -2.42. The van der Waals surface area contributed by atoms with Gasteiger partial charge in [0, 0.05) is 11.9 Å². The smallest absolute Gasteiger partial charge is 0.262 e. The van der Waals surface area contributed by atoms with Crippen LogP contribution in [0.4, 0.5) is 0 Å². The highest BCUT2D eigenvalue weighted by Crippen LogP contribution is 2.32. The summed E-state index contributed by atoms with van der Waals surface area (Å²) in [5.41, 5.74) is 1.19. The van der Waals surface area contributed by atoms with Crippen molar-refractivity contribution < 1.29 is 14.4 Å². The molecule has 0 fully saturated rings. The minimum Gasteiger partial charge on any atom is -0.337 e. The van der Waals surface area contributed by atoms with E-state index in [9.17, 15) is 14.4 Å². The van der Waals surface area contributed by atoms with Crippen LogP contribution in [0.3, 0.4) is 0 Å². The molecule has 3 rings (SSSR count). The number of rotatable bonds is 4. The molecule has 142 valence electrons. The highest BCUT2D eigenvalue weighted by Gasteiger charge is 2.38. The van der Waals surface area contributed by atoms with Gasteiger partial charge in [-0.25, -0.2) is 4.98 Å². The minimum absolute atomic E-state index is 0.159. The number of aromatic nitrogens is 1. The third-order valence-corrected chi connectivity index (χ3v) is 6.56. The Labute approximate surface area is 170 Å². The van der Waals surface area contributed by atoms with Gasteiger partial charge in [-0.2, -0.15) is 0 Å². The lowest BCUT2D eigenvalue weighted by atomic mass is 10.1. The normalized spacial score (nSPS) is 14.5. The maximum absolute atomic E-state index is 12.7. The summed E-state index contributed by atoms with van der Waals surface area (Å²) >= 11 is 13.4. The maximum Gasteiger partial charge on any atom is 0.262 e. The molecule has 1 unspecified atom stereocenters. The van der Waals surface area contributed by atoms with Crippen LogP contribution in [-0.4, -0.2) is 46.1 Å². The topological polar surface area (TPSA) is 70.6 Å². The Morgan fingerprint density at radius 2 is 1.70 bits per heavy atom. The van der Waals surface area contributed by atoms with Gasteiger partial charge in [0.2, 0.25) is 5.91 Å². The molecule has 9 heteroatoms. The monoisotopic (exact) mass is 425 g/mol. The minimum atomic E-state index is -0.548. The number of imide groups is 1. The van der Waals surface area contributed by atoms with E-state index in [0.29, 0.717) is 0 Å². The van der Waals surface area contributed by atoms with Crippen molar-refractivity contribution in [2.75, 3.05) is 13.6 Å². The van der Waals surface area contributed by atoms with Crippen LogP contribution in [0.5, 0.6) is 0 Å². The zero-order valence-electron chi connectivity index (χ0n) is 15.2. The predicted molar refractivity (Wildman–Crippen MR) is 105 cm³/mol. The Morgan fingerprint density at radius 3 is 2.15 bits per heavy atom. The van der Waals surface area contributed by atoms with Gasteiger partial charge in [0.05, 0.1) is 37.9 Å². The van der Waals surface area contributed by atoms with Crippen molar-refractivity contribution in [2.45, 2.75) is 26.8 Å². The number of likely N-dealkylation sites (N-methyl/N-ethyl adjacent to an activating group) is 1. The van der Waals surface area contributed by atoms with Crippen LogP contribution >= 0.6 is 34.5 Å². The highest BCUT2D eigenvalue weighted by molar-refractivity contribution is 7.11. The summed E-state index contributed by atoms with van der Waals surface area (Å²) in [6.45, 7) is 5.34. The molecule has 0 N–H and O–H groups in total. The van der Waals surface area contributed by atoms with E-state index in [-0.39, 0.29) is 39.7 Å². The van der Waals surface area contributed by atoms with Crippen LogP contribution in [0.15, 0.2) is 12.1 Å². The SMILES string of the molecule is Cc1nc(C)c(C(C)N(C)C(=O)CN2C(=O)c3cc(Cl)c(Cl)cc3C2=O)s1. The molecule has 0 spiro atoms. The average molecular weight is 426 g/mol. The van der Waals surface area contributed by atoms with E-state index in [1.807, 2.05) is 20.8 Å². The molecule has 1 aliphatic heterocycles. The number of halogens is 2. The fourth-order valence-electron chi connectivity index (χ4n) is 3.00. The number of carbonyl (C=O) groups is 3. The first-order chi connectivity index (χ1) is 12.6. The summed E-state index contributed by atoms with van der Waals surface area (Å²) in [7, 11) is 1.65. The van der Waals surface area contributed by atoms with Crippen molar-refractivity contribution >= 4 is 52.3 Å². The van der Waals surface area contributed by atoms with Crippen LogP contribution in [0, 0.1) is 13.8 Å². The van der Waals surface area contributed by atoms with Gasteiger partial charge >= 0.3 is 0 Å². The second-order valence-corrected chi connectivity index (χ2v) is 8.42. The van der Waals surface area contributed by atoms with Crippen molar-refractivity contribution in [1.29, 1.82) is 0 Å². The molecule has 0 bridgehead atoms. The summed E-state index contributed by atoms with van der Waals surface area (Å²) in [5.74, 6) is -1.44. The lowest BCUT2D eigenvalue weighted by Gasteiger charge is -2.26. The Kier molecular flexibility index (Phi) is 5.29. The molecule has 0 saturated heterocycles. The first-order valence-corrected chi connectivity index (χ1v) is 9.73. The zero-order valence-corrected chi connectivity index (χ0v) is 17.5. The van der Waals surface area contributed by atoms with Gasteiger partial charge in [0.1, 0.15) is 6.54 Å².